The van der Waals surface area contributed by atoms with Crippen molar-refractivity contribution in [1.82, 2.24) is 15.1 Å². The second kappa shape index (κ2) is 4.57. The Morgan fingerprint density at radius 1 is 1.47 bits per heavy atom. The molecule has 82 valence electrons. The van der Waals surface area contributed by atoms with Crippen LogP contribution in [0.5, 0.6) is 5.75 Å². The van der Waals surface area contributed by atoms with E-state index in [9.17, 15) is 0 Å². The zero-order valence-corrected chi connectivity index (χ0v) is 9.26. The summed E-state index contributed by atoms with van der Waals surface area (Å²) in [5.41, 5.74) is 0. The van der Waals surface area contributed by atoms with Crippen molar-refractivity contribution in [3.05, 3.63) is 18.5 Å². The van der Waals surface area contributed by atoms with Crippen LogP contribution in [0.2, 0.25) is 0 Å². The summed E-state index contributed by atoms with van der Waals surface area (Å²) in [7, 11) is 0. The summed E-state index contributed by atoms with van der Waals surface area (Å²) < 4.78 is 5.81. The molecule has 1 unspecified atom stereocenters. The van der Waals surface area contributed by atoms with Gasteiger partial charge in [0, 0.05) is 25.2 Å². The third-order valence-corrected chi connectivity index (χ3v) is 2.77. The Bertz CT molecular complexity index is 302. The molecule has 0 amide bonds. The Morgan fingerprint density at radius 2 is 2.33 bits per heavy atom. The van der Waals surface area contributed by atoms with Gasteiger partial charge in [-0.3, -0.25) is 4.90 Å². The molecule has 4 heteroatoms. The molecular weight excluding hydrogens is 190 g/mol. The molecule has 15 heavy (non-hydrogen) atoms. The van der Waals surface area contributed by atoms with Crippen LogP contribution in [0, 0.1) is 0 Å². The van der Waals surface area contributed by atoms with Crippen molar-refractivity contribution in [3.8, 4) is 5.75 Å². The second-order valence-corrected chi connectivity index (χ2v) is 4.20. The van der Waals surface area contributed by atoms with Gasteiger partial charge in [-0.15, -0.1) is 0 Å². The molecule has 0 N–H and O–H groups in total. The van der Waals surface area contributed by atoms with Crippen molar-refractivity contribution in [2.24, 2.45) is 0 Å². The summed E-state index contributed by atoms with van der Waals surface area (Å²) in [6.45, 7) is 6.58. The Kier molecular flexibility index (Phi) is 3.16. The Balaban J connectivity index is 1.88. The molecule has 1 saturated heterocycles. The first kappa shape index (κ1) is 10.4. The van der Waals surface area contributed by atoms with Crippen molar-refractivity contribution >= 4 is 0 Å². The first-order valence-corrected chi connectivity index (χ1v) is 5.43. The summed E-state index contributed by atoms with van der Waals surface area (Å²) in [5.74, 6) is 0.820. The molecule has 0 aromatic carbocycles. The van der Waals surface area contributed by atoms with Crippen molar-refractivity contribution < 1.29 is 4.74 Å². The van der Waals surface area contributed by atoms with Crippen LogP contribution in [0.1, 0.15) is 20.3 Å². The fourth-order valence-electron chi connectivity index (χ4n) is 1.86. The van der Waals surface area contributed by atoms with E-state index in [1.807, 2.05) is 6.07 Å². The van der Waals surface area contributed by atoms with Crippen molar-refractivity contribution in [2.45, 2.75) is 32.4 Å². The first-order chi connectivity index (χ1) is 7.25. The molecule has 2 heterocycles. The van der Waals surface area contributed by atoms with Gasteiger partial charge in [0.1, 0.15) is 11.9 Å². The fraction of sp³-hybridized carbons (Fsp3) is 0.636. The van der Waals surface area contributed by atoms with Gasteiger partial charge in [-0.1, -0.05) is 0 Å². The van der Waals surface area contributed by atoms with Crippen molar-refractivity contribution in [2.75, 3.05) is 13.1 Å². The lowest BCUT2D eigenvalue weighted by Gasteiger charge is -2.20. The highest BCUT2D eigenvalue weighted by Crippen LogP contribution is 2.18. The lowest BCUT2D eigenvalue weighted by atomic mass is 10.3. The molecule has 0 bridgehead atoms. The van der Waals surface area contributed by atoms with Gasteiger partial charge in [-0.05, 0) is 20.3 Å². The van der Waals surface area contributed by atoms with Crippen LogP contribution in [0.15, 0.2) is 18.5 Å². The molecule has 0 spiro atoms. The minimum atomic E-state index is 0.302. The molecule has 1 fully saturated rings. The minimum absolute atomic E-state index is 0.302. The molecule has 1 aliphatic rings. The number of hydrogen-bond donors (Lipinski definition) is 0. The molecule has 0 aliphatic carbocycles. The van der Waals surface area contributed by atoms with Crippen LogP contribution in [-0.4, -0.2) is 40.3 Å². The number of likely N-dealkylation sites (tertiary alicyclic amines) is 1. The fourth-order valence-corrected chi connectivity index (χ4v) is 1.86. The predicted molar refractivity (Wildman–Crippen MR) is 57.8 cm³/mol. The lowest BCUT2D eigenvalue weighted by molar-refractivity contribution is 0.186. The normalized spacial score (nSPS) is 22.2. The van der Waals surface area contributed by atoms with Gasteiger partial charge in [-0.2, -0.15) is 10.2 Å². The van der Waals surface area contributed by atoms with Crippen LogP contribution in [-0.2, 0) is 0 Å². The van der Waals surface area contributed by atoms with E-state index in [2.05, 4.69) is 28.9 Å². The third-order valence-electron chi connectivity index (χ3n) is 2.77. The van der Waals surface area contributed by atoms with Crippen LogP contribution in [0.4, 0.5) is 0 Å². The van der Waals surface area contributed by atoms with E-state index in [4.69, 9.17) is 4.74 Å². The van der Waals surface area contributed by atoms with Gasteiger partial charge in [-0.25, -0.2) is 0 Å². The smallest absolute Gasteiger partial charge is 0.141 e. The maximum Gasteiger partial charge on any atom is 0.141 e. The van der Waals surface area contributed by atoms with Gasteiger partial charge in [0.15, 0.2) is 0 Å². The summed E-state index contributed by atoms with van der Waals surface area (Å²) in [6, 6.07) is 2.46. The topological polar surface area (TPSA) is 38.2 Å². The van der Waals surface area contributed by atoms with Crippen LogP contribution < -0.4 is 4.74 Å². The number of ether oxygens (including phenoxy) is 1. The molecule has 4 nitrogen and oxygen atoms in total. The van der Waals surface area contributed by atoms with E-state index in [-0.39, 0.29) is 0 Å². The standard InChI is InChI=1S/C11H17N3O/c1-9(2)14-6-4-11(8-14)15-10-3-5-12-13-7-10/h3,5,7,9,11H,4,6,8H2,1-2H3. The summed E-state index contributed by atoms with van der Waals surface area (Å²) >= 11 is 0. The summed E-state index contributed by atoms with van der Waals surface area (Å²) in [6.07, 6.45) is 4.72. The number of hydrogen-bond acceptors (Lipinski definition) is 4. The van der Waals surface area contributed by atoms with Gasteiger partial charge < -0.3 is 4.74 Å². The van der Waals surface area contributed by atoms with Crippen LogP contribution >= 0.6 is 0 Å². The largest absolute Gasteiger partial charge is 0.487 e. The van der Waals surface area contributed by atoms with E-state index >= 15 is 0 Å². The van der Waals surface area contributed by atoms with Crippen LogP contribution in [0.25, 0.3) is 0 Å². The average Bonchev–Trinajstić information content (AvgIpc) is 2.68. The van der Waals surface area contributed by atoms with Gasteiger partial charge in [0.25, 0.3) is 0 Å². The van der Waals surface area contributed by atoms with Crippen LogP contribution in [0.3, 0.4) is 0 Å². The predicted octanol–water partition coefficient (Wildman–Crippen LogP) is 1.34. The average molecular weight is 207 g/mol. The highest BCUT2D eigenvalue weighted by atomic mass is 16.5. The SMILES string of the molecule is CC(C)N1CCC(Oc2ccnnc2)C1. The number of rotatable bonds is 3. The van der Waals surface area contributed by atoms with E-state index in [1.54, 1.807) is 12.4 Å². The van der Waals surface area contributed by atoms with E-state index in [0.29, 0.717) is 12.1 Å². The zero-order chi connectivity index (χ0) is 10.7. The van der Waals surface area contributed by atoms with E-state index in [0.717, 1.165) is 25.3 Å². The van der Waals surface area contributed by atoms with E-state index in [1.165, 1.54) is 0 Å². The minimum Gasteiger partial charge on any atom is -0.487 e. The molecular formula is C11H17N3O. The molecule has 1 aliphatic heterocycles. The first-order valence-electron chi connectivity index (χ1n) is 5.43. The third kappa shape index (κ3) is 2.65. The summed E-state index contributed by atoms with van der Waals surface area (Å²) in [4.78, 5) is 2.43. The Morgan fingerprint density at radius 3 is 2.93 bits per heavy atom. The van der Waals surface area contributed by atoms with Gasteiger partial charge in [0.2, 0.25) is 0 Å². The Labute approximate surface area is 90.3 Å². The molecule has 2 rings (SSSR count). The highest BCUT2D eigenvalue weighted by molar-refractivity contribution is 5.13. The van der Waals surface area contributed by atoms with Crippen molar-refractivity contribution in [1.29, 1.82) is 0 Å². The second-order valence-electron chi connectivity index (χ2n) is 4.20. The summed E-state index contributed by atoms with van der Waals surface area (Å²) in [5, 5.41) is 7.51. The van der Waals surface area contributed by atoms with E-state index < -0.39 is 0 Å². The molecule has 1 atom stereocenters. The van der Waals surface area contributed by atoms with Gasteiger partial charge >= 0.3 is 0 Å². The molecule has 1 aromatic rings. The van der Waals surface area contributed by atoms with Crippen molar-refractivity contribution in [3.63, 3.8) is 0 Å². The number of aromatic nitrogens is 2. The van der Waals surface area contributed by atoms with Gasteiger partial charge in [0.05, 0.1) is 12.4 Å². The highest BCUT2D eigenvalue weighted by Gasteiger charge is 2.25. The monoisotopic (exact) mass is 207 g/mol. The maximum absolute atomic E-state index is 5.81. The molecule has 0 saturated carbocycles. The Hall–Kier alpha value is -1.16. The quantitative estimate of drug-likeness (QED) is 0.749. The maximum atomic E-state index is 5.81. The molecule has 0 radical (unpaired) electrons. The number of nitrogens with zero attached hydrogens (tertiary/aromatic N) is 3. The zero-order valence-electron chi connectivity index (χ0n) is 9.26. The lowest BCUT2D eigenvalue weighted by Crippen LogP contribution is -2.30. The molecule has 1 aromatic heterocycles.